The van der Waals surface area contributed by atoms with Crippen LogP contribution in [0.4, 0.5) is 0 Å². The highest BCUT2D eigenvalue weighted by atomic mass is 32.2. The molecule has 1 aliphatic rings. The Morgan fingerprint density at radius 2 is 2.25 bits per heavy atom. The lowest BCUT2D eigenvalue weighted by molar-refractivity contribution is -0.146. The fourth-order valence-corrected chi connectivity index (χ4v) is 3.65. The lowest BCUT2D eigenvalue weighted by Gasteiger charge is -2.22. The van der Waals surface area contributed by atoms with Gasteiger partial charge in [0.15, 0.2) is 0 Å². The molecule has 0 saturated carbocycles. The lowest BCUT2D eigenvalue weighted by Crippen LogP contribution is -2.47. The normalized spacial score (nSPS) is 21.9. The van der Waals surface area contributed by atoms with Crippen LogP contribution in [-0.2, 0) is 19.7 Å². The van der Waals surface area contributed by atoms with Gasteiger partial charge in [-0.2, -0.15) is 12.7 Å². The molecule has 8 heteroatoms. The number of nitrogens with zero attached hydrogens (tertiary/aromatic N) is 1. The first-order chi connectivity index (χ1) is 9.38. The first-order valence-electron chi connectivity index (χ1n) is 6.99. The fourth-order valence-electron chi connectivity index (χ4n) is 2.18. The van der Waals surface area contributed by atoms with Crippen molar-refractivity contribution in [3.8, 4) is 0 Å². The van der Waals surface area contributed by atoms with Gasteiger partial charge in [-0.25, -0.2) is 4.72 Å². The summed E-state index contributed by atoms with van der Waals surface area (Å²) in [5.41, 5.74) is 0. The predicted octanol–water partition coefficient (Wildman–Crippen LogP) is 0.00930. The van der Waals surface area contributed by atoms with Gasteiger partial charge >= 0.3 is 5.97 Å². The smallest absolute Gasteiger partial charge is 0.324 e. The predicted molar refractivity (Wildman–Crippen MR) is 74.2 cm³/mol. The van der Waals surface area contributed by atoms with Gasteiger partial charge in [0.2, 0.25) is 0 Å². The molecule has 1 saturated heterocycles. The number of ether oxygens (including phenoxy) is 1. The Kier molecular flexibility index (Phi) is 6.87. The Hall–Kier alpha value is -0.700. The number of hydrogen-bond donors (Lipinski definition) is 2. The Bertz CT molecular complexity index is 410. The van der Waals surface area contributed by atoms with Crippen molar-refractivity contribution in [2.24, 2.45) is 0 Å². The van der Waals surface area contributed by atoms with E-state index in [1.54, 1.807) is 13.8 Å². The van der Waals surface area contributed by atoms with Crippen molar-refractivity contribution in [1.29, 1.82) is 0 Å². The van der Waals surface area contributed by atoms with Crippen molar-refractivity contribution >= 4 is 16.2 Å². The molecule has 2 N–H and O–H groups in total. The van der Waals surface area contributed by atoms with E-state index in [9.17, 15) is 13.2 Å². The Morgan fingerprint density at radius 3 is 2.85 bits per heavy atom. The molecule has 1 aliphatic heterocycles. The van der Waals surface area contributed by atoms with Crippen LogP contribution in [0.25, 0.3) is 0 Å². The summed E-state index contributed by atoms with van der Waals surface area (Å²) in [6, 6.07) is -0.718. The summed E-state index contributed by atoms with van der Waals surface area (Å²) in [5, 5.41) is 9.12. The molecule has 7 nitrogen and oxygen atoms in total. The van der Waals surface area contributed by atoms with Gasteiger partial charge in [0.05, 0.1) is 12.7 Å². The largest absolute Gasteiger partial charge is 0.465 e. The molecule has 2 unspecified atom stereocenters. The van der Waals surface area contributed by atoms with Crippen molar-refractivity contribution in [3.05, 3.63) is 0 Å². The molecular weight excluding hydrogens is 284 g/mol. The molecule has 118 valence electrons. The minimum atomic E-state index is -3.67. The molecule has 0 amide bonds. The first kappa shape index (κ1) is 17.4. The molecule has 2 atom stereocenters. The SMILES string of the molecule is CCOC(=O)C1CCCN1S(=O)(=O)NCCCC(C)O. The van der Waals surface area contributed by atoms with E-state index in [2.05, 4.69) is 4.72 Å². The van der Waals surface area contributed by atoms with E-state index in [1.165, 1.54) is 4.31 Å². The molecule has 1 rings (SSSR count). The monoisotopic (exact) mass is 308 g/mol. The van der Waals surface area contributed by atoms with Crippen molar-refractivity contribution in [3.63, 3.8) is 0 Å². The Labute approximate surface area is 120 Å². The molecule has 0 aliphatic carbocycles. The summed E-state index contributed by atoms with van der Waals surface area (Å²) >= 11 is 0. The van der Waals surface area contributed by atoms with Crippen LogP contribution < -0.4 is 4.72 Å². The van der Waals surface area contributed by atoms with Gasteiger partial charge in [0.25, 0.3) is 10.2 Å². The number of nitrogens with one attached hydrogen (secondary N) is 1. The van der Waals surface area contributed by atoms with Gasteiger partial charge in [-0.05, 0) is 39.5 Å². The first-order valence-corrected chi connectivity index (χ1v) is 8.43. The second kappa shape index (κ2) is 7.92. The third-order valence-corrected chi connectivity index (χ3v) is 4.78. The molecule has 20 heavy (non-hydrogen) atoms. The highest BCUT2D eigenvalue weighted by molar-refractivity contribution is 7.87. The van der Waals surface area contributed by atoms with Crippen LogP contribution in [0, 0.1) is 0 Å². The quantitative estimate of drug-likeness (QED) is 0.486. The average Bonchev–Trinajstić information content (AvgIpc) is 2.85. The number of hydrogen-bond acceptors (Lipinski definition) is 5. The maximum atomic E-state index is 12.1. The number of carbonyl (C=O) groups is 1. The molecule has 1 heterocycles. The van der Waals surface area contributed by atoms with Crippen LogP contribution in [0.15, 0.2) is 0 Å². The maximum absolute atomic E-state index is 12.1. The zero-order valence-corrected chi connectivity index (χ0v) is 12.9. The standard InChI is InChI=1S/C12H24N2O5S/c1-3-19-12(16)11-7-5-9-14(11)20(17,18)13-8-4-6-10(2)15/h10-11,13,15H,3-9H2,1-2H3. The molecule has 0 spiro atoms. The van der Waals surface area contributed by atoms with Gasteiger partial charge < -0.3 is 9.84 Å². The van der Waals surface area contributed by atoms with E-state index < -0.39 is 28.3 Å². The van der Waals surface area contributed by atoms with Gasteiger partial charge in [0.1, 0.15) is 6.04 Å². The van der Waals surface area contributed by atoms with E-state index in [0.717, 1.165) is 0 Å². The second-order valence-corrected chi connectivity index (χ2v) is 6.62. The number of aliphatic hydroxyl groups is 1. The van der Waals surface area contributed by atoms with Crippen LogP contribution in [0.3, 0.4) is 0 Å². The van der Waals surface area contributed by atoms with E-state index in [4.69, 9.17) is 9.84 Å². The van der Waals surface area contributed by atoms with Gasteiger partial charge in [-0.1, -0.05) is 0 Å². The highest BCUT2D eigenvalue weighted by Crippen LogP contribution is 2.21. The molecule has 1 fully saturated rings. The molecule has 0 bridgehead atoms. The van der Waals surface area contributed by atoms with Gasteiger partial charge in [-0.15, -0.1) is 0 Å². The van der Waals surface area contributed by atoms with Crippen molar-refractivity contribution in [2.75, 3.05) is 19.7 Å². The summed E-state index contributed by atoms with van der Waals surface area (Å²) in [5.74, 6) is -0.487. The highest BCUT2D eigenvalue weighted by Gasteiger charge is 2.39. The van der Waals surface area contributed by atoms with E-state index in [-0.39, 0.29) is 13.2 Å². The number of esters is 1. The van der Waals surface area contributed by atoms with Crippen LogP contribution in [0.1, 0.15) is 39.5 Å². The summed E-state index contributed by atoms with van der Waals surface area (Å²) < 4.78 is 32.8. The van der Waals surface area contributed by atoms with Crippen molar-refractivity contribution < 1.29 is 23.1 Å². The molecule has 0 aromatic rings. The minimum absolute atomic E-state index is 0.241. The third kappa shape index (κ3) is 5.01. The number of rotatable bonds is 8. The topological polar surface area (TPSA) is 95.9 Å². The molecule has 0 radical (unpaired) electrons. The Morgan fingerprint density at radius 1 is 1.55 bits per heavy atom. The molecular formula is C12H24N2O5S. The maximum Gasteiger partial charge on any atom is 0.324 e. The van der Waals surface area contributed by atoms with Crippen LogP contribution in [-0.4, -0.2) is 55.6 Å². The van der Waals surface area contributed by atoms with Crippen molar-refractivity contribution in [1.82, 2.24) is 9.03 Å². The minimum Gasteiger partial charge on any atom is -0.465 e. The number of carbonyl (C=O) groups excluding carboxylic acids is 1. The lowest BCUT2D eigenvalue weighted by atomic mass is 10.2. The van der Waals surface area contributed by atoms with Crippen LogP contribution >= 0.6 is 0 Å². The van der Waals surface area contributed by atoms with E-state index >= 15 is 0 Å². The third-order valence-electron chi connectivity index (χ3n) is 3.15. The molecule has 0 aromatic carbocycles. The van der Waals surface area contributed by atoms with Crippen molar-refractivity contribution in [2.45, 2.75) is 51.7 Å². The average molecular weight is 308 g/mol. The van der Waals surface area contributed by atoms with Crippen LogP contribution in [0.2, 0.25) is 0 Å². The van der Waals surface area contributed by atoms with Crippen LogP contribution in [0.5, 0.6) is 0 Å². The summed E-state index contributed by atoms with van der Waals surface area (Å²) in [7, 11) is -3.67. The van der Waals surface area contributed by atoms with Gasteiger partial charge in [-0.3, -0.25) is 4.79 Å². The fraction of sp³-hybridized carbons (Fsp3) is 0.917. The zero-order valence-electron chi connectivity index (χ0n) is 12.0. The second-order valence-electron chi connectivity index (χ2n) is 4.91. The number of aliphatic hydroxyl groups excluding tert-OH is 1. The van der Waals surface area contributed by atoms with Gasteiger partial charge in [0, 0.05) is 13.1 Å². The van der Waals surface area contributed by atoms with E-state index in [1.807, 2.05) is 0 Å². The van der Waals surface area contributed by atoms with E-state index in [0.29, 0.717) is 32.2 Å². The molecule has 0 aromatic heterocycles. The zero-order chi connectivity index (χ0) is 15.2. The summed E-state index contributed by atoms with van der Waals surface area (Å²) in [6.07, 6.45) is 1.78. The Balaban J connectivity index is 2.54. The summed E-state index contributed by atoms with van der Waals surface area (Å²) in [6.45, 7) is 4.17. The summed E-state index contributed by atoms with van der Waals surface area (Å²) in [4.78, 5) is 11.7.